The van der Waals surface area contributed by atoms with E-state index in [9.17, 15) is 19.2 Å². The van der Waals surface area contributed by atoms with Crippen molar-refractivity contribution in [2.24, 2.45) is 5.92 Å². The van der Waals surface area contributed by atoms with Gasteiger partial charge in [-0.05, 0) is 73.1 Å². The summed E-state index contributed by atoms with van der Waals surface area (Å²) < 4.78 is 1.65. The first-order chi connectivity index (χ1) is 25.2. The fourth-order valence-corrected chi connectivity index (χ4v) is 7.21. The summed E-state index contributed by atoms with van der Waals surface area (Å²) in [5.74, 6) is -1.04. The lowest BCUT2D eigenvalue weighted by Gasteiger charge is -2.36. The molecule has 0 bridgehead atoms. The molecule has 11 heteroatoms. The van der Waals surface area contributed by atoms with Gasteiger partial charge in [0, 0.05) is 63.5 Å². The number of fused-ring (bicyclic) bond motifs is 1. The number of amides is 4. The predicted octanol–water partition coefficient (Wildman–Crippen LogP) is 4.40. The number of carbonyl (C=O) groups is 4. The van der Waals surface area contributed by atoms with Gasteiger partial charge < -0.3 is 20.9 Å². The van der Waals surface area contributed by atoms with Gasteiger partial charge in [-0.25, -0.2) is 0 Å². The van der Waals surface area contributed by atoms with Crippen molar-refractivity contribution < 1.29 is 19.2 Å². The molecule has 4 aromatic rings. The zero-order valence-electron chi connectivity index (χ0n) is 30.3. The fourth-order valence-electron chi connectivity index (χ4n) is 7.21. The summed E-state index contributed by atoms with van der Waals surface area (Å²) in [6.07, 6.45) is 3.56. The Labute approximate surface area is 305 Å². The highest BCUT2D eigenvalue weighted by Crippen LogP contribution is 2.30. The lowest BCUT2D eigenvalue weighted by atomic mass is 9.95. The number of nitrogens with one attached hydrogen (secondary N) is 3. The second-order valence-corrected chi connectivity index (χ2v) is 14.1. The summed E-state index contributed by atoms with van der Waals surface area (Å²) in [4.78, 5) is 57.9. The van der Waals surface area contributed by atoms with E-state index < -0.39 is 12.1 Å². The van der Waals surface area contributed by atoms with E-state index in [0.717, 1.165) is 25.2 Å². The number of carbonyl (C=O) groups excluding carboxylic acids is 4. The number of anilines is 1. The van der Waals surface area contributed by atoms with Crippen LogP contribution in [0.2, 0.25) is 0 Å². The molecule has 0 radical (unpaired) electrons. The van der Waals surface area contributed by atoms with Crippen molar-refractivity contribution in [2.75, 3.05) is 31.5 Å². The van der Waals surface area contributed by atoms with Gasteiger partial charge in [-0.1, -0.05) is 73.7 Å². The van der Waals surface area contributed by atoms with Crippen LogP contribution in [-0.2, 0) is 40.2 Å². The zero-order chi connectivity index (χ0) is 36.6. The van der Waals surface area contributed by atoms with Gasteiger partial charge >= 0.3 is 0 Å². The lowest BCUT2D eigenvalue weighted by Crippen LogP contribution is -2.55. The Balaban J connectivity index is 1.11. The summed E-state index contributed by atoms with van der Waals surface area (Å²) in [5, 5.41) is 13.3. The van der Waals surface area contributed by atoms with Crippen LogP contribution in [0.15, 0.2) is 91.1 Å². The molecular formula is C41H49N7O4. The molecule has 3 aromatic carbocycles. The van der Waals surface area contributed by atoms with Crippen LogP contribution in [0.5, 0.6) is 0 Å². The second-order valence-electron chi connectivity index (χ2n) is 14.1. The van der Waals surface area contributed by atoms with Crippen molar-refractivity contribution >= 4 is 29.3 Å². The molecule has 1 saturated heterocycles. The van der Waals surface area contributed by atoms with Gasteiger partial charge in [0.05, 0.1) is 0 Å². The van der Waals surface area contributed by atoms with E-state index in [0.29, 0.717) is 43.7 Å². The summed E-state index contributed by atoms with van der Waals surface area (Å²) >= 11 is 0. The first-order valence-corrected chi connectivity index (χ1v) is 18.3. The number of hydrogen-bond donors (Lipinski definition) is 3. The van der Waals surface area contributed by atoms with E-state index in [-0.39, 0.29) is 42.0 Å². The zero-order valence-corrected chi connectivity index (χ0v) is 30.3. The molecule has 2 unspecified atom stereocenters. The molecule has 4 amide bonds. The molecule has 0 spiro atoms. The maximum atomic E-state index is 13.9. The first-order valence-electron chi connectivity index (χ1n) is 18.3. The third-order valence-electron chi connectivity index (χ3n) is 10.1. The molecule has 52 heavy (non-hydrogen) atoms. The maximum absolute atomic E-state index is 13.9. The van der Waals surface area contributed by atoms with Gasteiger partial charge in [-0.2, -0.15) is 5.10 Å². The topological polar surface area (TPSA) is 129 Å². The standard InChI is InChI=1S/C41H49N7O4/c1-4-37(49)44-35(41(52)47-22-20-46(21-23-47)27-30-10-6-5-7-11-30)24-29-14-16-34(17-15-29)43-40(51)38(33-25-31-12-8-9-13-32(31)26-33)45-39(50)36-18-19-42-48(36)28(2)3/h5-19,28,33,35,38H,4,20-27H2,1-3H3,(H,43,51)(H,44,49)(H,45,50). The molecule has 272 valence electrons. The summed E-state index contributed by atoms with van der Waals surface area (Å²) in [6.45, 7) is 9.24. The minimum Gasteiger partial charge on any atom is -0.344 e. The molecule has 0 saturated carbocycles. The van der Waals surface area contributed by atoms with Crippen molar-refractivity contribution in [3.63, 3.8) is 0 Å². The van der Waals surface area contributed by atoms with Crippen molar-refractivity contribution in [3.05, 3.63) is 119 Å². The number of hydrogen-bond acceptors (Lipinski definition) is 6. The molecule has 3 N–H and O–H groups in total. The summed E-state index contributed by atoms with van der Waals surface area (Å²) in [5.41, 5.74) is 5.45. The molecule has 1 fully saturated rings. The van der Waals surface area contributed by atoms with Crippen molar-refractivity contribution in [1.29, 1.82) is 0 Å². The van der Waals surface area contributed by atoms with Crippen molar-refractivity contribution in [2.45, 2.75) is 71.1 Å². The Kier molecular flexibility index (Phi) is 11.8. The molecule has 2 atom stereocenters. The van der Waals surface area contributed by atoms with Gasteiger partial charge in [-0.15, -0.1) is 0 Å². The van der Waals surface area contributed by atoms with Crippen LogP contribution in [0.3, 0.4) is 0 Å². The Morgan fingerprint density at radius 1 is 0.788 bits per heavy atom. The number of aromatic nitrogens is 2. The minimum absolute atomic E-state index is 0.0161. The predicted molar refractivity (Wildman–Crippen MR) is 201 cm³/mol. The quantitative estimate of drug-likeness (QED) is 0.190. The van der Waals surface area contributed by atoms with Gasteiger partial charge in [0.25, 0.3) is 5.91 Å². The average Bonchev–Trinajstić information content (AvgIpc) is 3.83. The van der Waals surface area contributed by atoms with E-state index in [1.54, 1.807) is 36.0 Å². The normalized spacial score (nSPS) is 15.9. The van der Waals surface area contributed by atoms with Crippen LogP contribution >= 0.6 is 0 Å². The van der Waals surface area contributed by atoms with Crippen LogP contribution in [0.1, 0.15) is 66.0 Å². The summed E-state index contributed by atoms with van der Waals surface area (Å²) in [6, 6.07) is 26.0. The largest absolute Gasteiger partial charge is 0.344 e. The average molecular weight is 704 g/mol. The van der Waals surface area contributed by atoms with E-state index in [2.05, 4.69) is 50.2 Å². The monoisotopic (exact) mass is 703 g/mol. The van der Waals surface area contributed by atoms with Crippen LogP contribution in [0.25, 0.3) is 0 Å². The smallest absolute Gasteiger partial charge is 0.270 e. The number of rotatable bonds is 13. The first kappa shape index (κ1) is 36.5. The fraction of sp³-hybridized carbons (Fsp3) is 0.390. The highest BCUT2D eigenvalue weighted by Gasteiger charge is 2.35. The van der Waals surface area contributed by atoms with Crippen LogP contribution in [0.4, 0.5) is 5.69 Å². The molecule has 6 rings (SSSR count). The molecule has 1 aliphatic carbocycles. The Morgan fingerprint density at radius 3 is 2.08 bits per heavy atom. The highest BCUT2D eigenvalue weighted by atomic mass is 16.2. The molecular weight excluding hydrogens is 654 g/mol. The number of nitrogens with zero attached hydrogens (tertiary/aromatic N) is 4. The maximum Gasteiger partial charge on any atom is 0.270 e. The van der Waals surface area contributed by atoms with Gasteiger partial charge in [-0.3, -0.25) is 28.8 Å². The third kappa shape index (κ3) is 8.95. The Bertz CT molecular complexity index is 1820. The van der Waals surface area contributed by atoms with Crippen LogP contribution in [0, 0.1) is 5.92 Å². The molecule has 1 aromatic heterocycles. The van der Waals surface area contributed by atoms with Crippen molar-refractivity contribution in [3.8, 4) is 0 Å². The van der Waals surface area contributed by atoms with Crippen LogP contribution < -0.4 is 16.0 Å². The van der Waals surface area contributed by atoms with Gasteiger partial charge in [0.2, 0.25) is 17.7 Å². The van der Waals surface area contributed by atoms with Crippen molar-refractivity contribution in [1.82, 2.24) is 30.2 Å². The van der Waals surface area contributed by atoms with Gasteiger partial charge in [0.1, 0.15) is 17.8 Å². The molecule has 2 heterocycles. The van der Waals surface area contributed by atoms with E-state index in [1.165, 1.54) is 16.7 Å². The molecule has 1 aliphatic heterocycles. The molecule has 2 aliphatic rings. The van der Waals surface area contributed by atoms with Crippen LogP contribution in [-0.4, -0.2) is 81.5 Å². The number of piperazine rings is 1. The third-order valence-corrected chi connectivity index (χ3v) is 10.1. The Hall–Kier alpha value is -5.29. The summed E-state index contributed by atoms with van der Waals surface area (Å²) in [7, 11) is 0. The highest BCUT2D eigenvalue weighted by molar-refractivity contribution is 6.01. The van der Waals surface area contributed by atoms with E-state index in [4.69, 9.17) is 0 Å². The number of benzene rings is 3. The van der Waals surface area contributed by atoms with E-state index in [1.807, 2.05) is 61.2 Å². The second kappa shape index (κ2) is 16.8. The SMILES string of the molecule is CCC(=O)NC(Cc1ccc(NC(=O)C(NC(=O)c2ccnn2C(C)C)C2Cc3ccccc3C2)cc1)C(=O)N1CCN(Cc2ccccc2)CC1. The van der Waals surface area contributed by atoms with Gasteiger partial charge in [0.15, 0.2) is 0 Å². The van der Waals surface area contributed by atoms with E-state index >= 15 is 0 Å². The minimum atomic E-state index is -0.783. The Morgan fingerprint density at radius 2 is 1.44 bits per heavy atom. The molecule has 11 nitrogen and oxygen atoms in total. The lowest BCUT2D eigenvalue weighted by molar-refractivity contribution is -0.138.